The van der Waals surface area contributed by atoms with Crippen LogP contribution in [0.4, 0.5) is 0 Å². The molecular weight excluding hydrogens is 192 g/mol. The third-order valence-corrected chi connectivity index (χ3v) is 2.10. The average Bonchev–Trinajstić information content (AvgIpc) is 2.31. The van der Waals surface area contributed by atoms with Crippen molar-refractivity contribution in [3.63, 3.8) is 0 Å². The van der Waals surface area contributed by atoms with E-state index in [1.54, 1.807) is 0 Å². The van der Waals surface area contributed by atoms with Crippen LogP contribution in [0.1, 0.15) is 51.4 Å². The van der Waals surface area contributed by atoms with E-state index in [0.29, 0.717) is 0 Å². The fourth-order valence-electron chi connectivity index (χ4n) is 1.25. The summed E-state index contributed by atoms with van der Waals surface area (Å²) in [6, 6.07) is 0. The molecule has 0 amide bonds. The topological polar surface area (TPSA) is 0 Å². The summed E-state index contributed by atoms with van der Waals surface area (Å²) in [5.74, 6) is 12.4. The van der Waals surface area contributed by atoms with E-state index in [-0.39, 0.29) is 0 Å². The smallest absolute Gasteiger partial charge is 0.0267 e. The zero-order valence-electron chi connectivity index (χ0n) is 10.2. The monoisotopic (exact) mass is 214 g/mol. The van der Waals surface area contributed by atoms with Crippen LogP contribution in [0.25, 0.3) is 0 Å². The highest BCUT2D eigenvalue weighted by Crippen LogP contribution is 2.04. The summed E-state index contributed by atoms with van der Waals surface area (Å²) in [6.07, 6.45) is 12.3. The summed E-state index contributed by atoms with van der Waals surface area (Å²) in [4.78, 5) is 0. The molecule has 0 rings (SSSR count). The Morgan fingerprint density at radius 3 is 1.44 bits per heavy atom. The lowest BCUT2D eigenvalue weighted by atomic mass is 10.1. The second-order valence-corrected chi connectivity index (χ2v) is 3.61. The van der Waals surface area contributed by atoms with Crippen LogP contribution in [-0.4, -0.2) is 0 Å². The van der Waals surface area contributed by atoms with Crippen molar-refractivity contribution >= 4 is 0 Å². The van der Waals surface area contributed by atoms with E-state index in [2.05, 4.69) is 36.8 Å². The van der Waals surface area contributed by atoms with Crippen molar-refractivity contribution in [2.75, 3.05) is 0 Å². The van der Waals surface area contributed by atoms with Crippen LogP contribution in [0.2, 0.25) is 0 Å². The molecular formula is C16H22. The lowest BCUT2D eigenvalue weighted by Crippen LogP contribution is -1.77. The van der Waals surface area contributed by atoms with Crippen molar-refractivity contribution in [2.45, 2.75) is 51.4 Å². The number of allylic oxidation sites excluding steroid dienone is 2. The SMILES string of the molecule is C=CCC#CCCCCCCC#CCC=C. The van der Waals surface area contributed by atoms with E-state index >= 15 is 0 Å². The molecule has 0 aromatic heterocycles. The average molecular weight is 214 g/mol. The Morgan fingerprint density at radius 1 is 0.625 bits per heavy atom. The van der Waals surface area contributed by atoms with Gasteiger partial charge in [-0.2, -0.15) is 0 Å². The minimum absolute atomic E-state index is 0.818. The van der Waals surface area contributed by atoms with Crippen molar-refractivity contribution in [1.29, 1.82) is 0 Å². The van der Waals surface area contributed by atoms with E-state index in [1.165, 1.54) is 25.7 Å². The van der Waals surface area contributed by atoms with Gasteiger partial charge < -0.3 is 0 Å². The van der Waals surface area contributed by atoms with Gasteiger partial charge >= 0.3 is 0 Å². The van der Waals surface area contributed by atoms with Crippen LogP contribution in [0.3, 0.4) is 0 Å². The second-order valence-electron chi connectivity index (χ2n) is 3.61. The van der Waals surface area contributed by atoms with Gasteiger partial charge in [0.1, 0.15) is 0 Å². The maximum absolute atomic E-state index is 3.63. The zero-order valence-corrected chi connectivity index (χ0v) is 10.2. The largest absolute Gasteiger partial charge is 0.103 e. The molecule has 0 aliphatic heterocycles. The molecule has 0 aromatic carbocycles. The molecule has 0 aliphatic rings. The number of unbranched alkanes of at least 4 members (excludes halogenated alkanes) is 5. The molecule has 0 saturated carbocycles. The summed E-state index contributed by atoms with van der Waals surface area (Å²) in [5, 5.41) is 0. The predicted molar refractivity (Wildman–Crippen MR) is 72.9 cm³/mol. The molecule has 0 fully saturated rings. The molecule has 0 aromatic rings. The Bertz CT molecular complexity index is 255. The lowest BCUT2D eigenvalue weighted by Gasteiger charge is -1.94. The quantitative estimate of drug-likeness (QED) is 0.333. The van der Waals surface area contributed by atoms with Crippen molar-refractivity contribution in [1.82, 2.24) is 0 Å². The Labute approximate surface area is 101 Å². The Hall–Kier alpha value is -1.40. The zero-order chi connectivity index (χ0) is 11.9. The maximum Gasteiger partial charge on any atom is 0.0267 e. The summed E-state index contributed by atoms with van der Waals surface area (Å²) < 4.78 is 0. The minimum atomic E-state index is 0.818. The number of rotatable bonds is 7. The minimum Gasteiger partial charge on any atom is -0.103 e. The molecule has 0 N–H and O–H groups in total. The van der Waals surface area contributed by atoms with Gasteiger partial charge in [-0.15, -0.1) is 25.0 Å². The molecule has 0 heteroatoms. The molecule has 0 spiro atoms. The van der Waals surface area contributed by atoms with Gasteiger partial charge in [0.2, 0.25) is 0 Å². The molecule has 0 radical (unpaired) electrons. The first kappa shape index (κ1) is 14.6. The van der Waals surface area contributed by atoms with E-state index in [4.69, 9.17) is 0 Å². The van der Waals surface area contributed by atoms with Crippen LogP contribution in [0.15, 0.2) is 25.3 Å². The standard InChI is InChI=1S/C16H22/c1-3-5-7-9-11-13-15-16-14-12-10-8-6-4-2/h3-4H,1-2,5-6,11-16H2. The van der Waals surface area contributed by atoms with Crippen LogP contribution in [0, 0.1) is 23.7 Å². The third-order valence-electron chi connectivity index (χ3n) is 2.10. The van der Waals surface area contributed by atoms with E-state index in [0.717, 1.165) is 25.7 Å². The Morgan fingerprint density at radius 2 is 1.06 bits per heavy atom. The van der Waals surface area contributed by atoms with Crippen molar-refractivity contribution in [2.24, 2.45) is 0 Å². The summed E-state index contributed by atoms with van der Waals surface area (Å²) in [5.41, 5.74) is 0. The van der Waals surface area contributed by atoms with Gasteiger partial charge in [-0.1, -0.05) is 36.8 Å². The van der Waals surface area contributed by atoms with Crippen molar-refractivity contribution in [3.05, 3.63) is 25.3 Å². The normalized spacial score (nSPS) is 8.25. The van der Waals surface area contributed by atoms with Crippen LogP contribution < -0.4 is 0 Å². The van der Waals surface area contributed by atoms with Crippen molar-refractivity contribution in [3.8, 4) is 23.7 Å². The molecule has 0 bridgehead atoms. The van der Waals surface area contributed by atoms with Gasteiger partial charge in [0.05, 0.1) is 0 Å². The highest BCUT2D eigenvalue weighted by molar-refractivity contribution is 5.03. The first-order chi connectivity index (χ1) is 7.91. The van der Waals surface area contributed by atoms with Gasteiger partial charge in [-0.3, -0.25) is 0 Å². The highest BCUT2D eigenvalue weighted by atomic mass is 13.9. The van der Waals surface area contributed by atoms with Crippen LogP contribution >= 0.6 is 0 Å². The number of hydrogen-bond donors (Lipinski definition) is 0. The predicted octanol–water partition coefficient (Wildman–Crippen LogP) is 4.49. The summed E-state index contributed by atoms with van der Waals surface area (Å²) in [7, 11) is 0. The highest BCUT2D eigenvalue weighted by Gasteiger charge is 1.86. The molecule has 0 atom stereocenters. The molecule has 0 nitrogen and oxygen atoms in total. The molecule has 86 valence electrons. The van der Waals surface area contributed by atoms with E-state index in [9.17, 15) is 0 Å². The van der Waals surface area contributed by atoms with Gasteiger partial charge in [-0.05, 0) is 12.8 Å². The fourth-order valence-corrected chi connectivity index (χ4v) is 1.25. The van der Waals surface area contributed by atoms with Crippen LogP contribution in [-0.2, 0) is 0 Å². The van der Waals surface area contributed by atoms with Gasteiger partial charge in [0.15, 0.2) is 0 Å². The summed E-state index contributed by atoms with van der Waals surface area (Å²) >= 11 is 0. The summed E-state index contributed by atoms with van der Waals surface area (Å²) in [6.45, 7) is 7.26. The first-order valence-corrected chi connectivity index (χ1v) is 6.05. The fraction of sp³-hybridized carbons (Fsp3) is 0.500. The van der Waals surface area contributed by atoms with Crippen molar-refractivity contribution < 1.29 is 0 Å². The van der Waals surface area contributed by atoms with E-state index in [1.807, 2.05) is 12.2 Å². The molecule has 0 unspecified atom stereocenters. The Kier molecular flexibility index (Phi) is 12.4. The first-order valence-electron chi connectivity index (χ1n) is 6.05. The van der Waals surface area contributed by atoms with E-state index < -0.39 is 0 Å². The Balaban J connectivity index is 3.17. The molecule has 0 aliphatic carbocycles. The van der Waals surface area contributed by atoms with Gasteiger partial charge in [0, 0.05) is 25.7 Å². The van der Waals surface area contributed by atoms with Crippen LogP contribution in [0.5, 0.6) is 0 Å². The molecule has 16 heavy (non-hydrogen) atoms. The molecule has 0 saturated heterocycles. The lowest BCUT2D eigenvalue weighted by molar-refractivity contribution is 0.660. The number of hydrogen-bond acceptors (Lipinski definition) is 0. The second kappa shape index (κ2) is 13.6. The van der Waals surface area contributed by atoms with Gasteiger partial charge in [-0.25, -0.2) is 0 Å². The van der Waals surface area contributed by atoms with Gasteiger partial charge in [0.25, 0.3) is 0 Å². The maximum atomic E-state index is 3.63. The third kappa shape index (κ3) is 12.6. The molecule has 0 heterocycles.